The third-order valence-electron chi connectivity index (χ3n) is 3.15. The summed E-state index contributed by atoms with van der Waals surface area (Å²) in [5.74, 6) is 0.0791. The molecule has 0 aliphatic rings. The molecule has 0 bridgehead atoms. The van der Waals surface area contributed by atoms with Crippen LogP contribution in [0.4, 0.5) is 4.39 Å². The first-order valence-corrected chi connectivity index (χ1v) is 5.78. The zero-order valence-corrected chi connectivity index (χ0v) is 11.7. The fourth-order valence-electron chi connectivity index (χ4n) is 1.74. The largest absolute Gasteiger partial charge is 0.496 e. The molecule has 3 atom stereocenters. The van der Waals surface area contributed by atoms with Gasteiger partial charge in [-0.05, 0) is 12.0 Å². The first-order chi connectivity index (χ1) is 8.01. The summed E-state index contributed by atoms with van der Waals surface area (Å²) in [4.78, 5) is 0. The fourth-order valence-corrected chi connectivity index (χ4v) is 1.74. The van der Waals surface area contributed by atoms with Crippen LogP contribution in [-0.2, 0) is 0 Å². The van der Waals surface area contributed by atoms with E-state index in [9.17, 15) is 9.50 Å². The lowest BCUT2D eigenvalue weighted by Crippen LogP contribution is -2.31. The molecule has 0 aliphatic carbocycles. The topological polar surface area (TPSA) is 55.5 Å². The quantitative estimate of drug-likeness (QED) is 0.870. The number of halogens is 2. The highest BCUT2D eigenvalue weighted by molar-refractivity contribution is 5.85. The molecule has 104 valence electrons. The number of hydrogen-bond donors (Lipinski definition) is 2. The predicted octanol–water partition coefficient (Wildman–Crippen LogP) is 2.66. The van der Waals surface area contributed by atoms with Crippen molar-refractivity contribution in [1.82, 2.24) is 0 Å². The first kappa shape index (κ1) is 17.2. The van der Waals surface area contributed by atoms with Crippen LogP contribution in [0.1, 0.15) is 31.9 Å². The third kappa shape index (κ3) is 3.83. The fraction of sp³-hybridized carbons (Fsp3) is 0.538. The van der Waals surface area contributed by atoms with Crippen LogP contribution in [0, 0.1) is 11.7 Å². The van der Waals surface area contributed by atoms with Crippen molar-refractivity contribution in [1.29, 1.82) is 0 Å². The SMILES string of the molecule is CCC(C)[C@H](O)[C@H](N)c1ccc(F)cc1OC.Cl. The Bertz CT molecular complexity index is 376. The number of nitrogens with two attached hydrogens (primary N) is 1. The smallest absolute Gasteiger partial charge is 0.126 e. The second kappa shape index (κ2) is 7.56. The summed E-state index contributed by atoms with van der Waals surface area (Å²) >= 11 is 0. The van der Waals surface area contributed by atoms with Crippen LogP contribution in [0.15, 0.2) is 18.2 Å². The highest BCUT2D eigenvalue weighted by atomic mass is 35.5. The molecular weight excluding hydrogens is 257 g/mol. The van der Waals surface area contributed by atoms with Crippen molar-refractivity contribution in [2.24, 2.45) is 11.7 Å². The molecule has 0 fully saturated rings. The predicted molar refractivity (Wildman–Crippen MR) is 72.6 cm³/mol. The lowest BCUT2D eigenvalue weighted by atomic mass is 9.91. The summed E-state index contributed by atoms with van der Waals surface area (Å²) < 4.78 is 18.1. The molecule has 5 heteroatoms. The molecule has 0 aromatic heterocycles. The zero-order valence-electron chi connectivity index (χ0n) is 10.9. The van der Waals surface area contributed by atoms with Gasteiger partial charge in [0.25, 0.3) is 0 Å². The number of hydrogen-bond acceptors (Lipinski definition) is 3. The van der Waals surface area contributed by atoms with Crippen LogP contribution in [0.2, 0.25) is 0 Å². The molecule has 18 heavy (non-hydrogen) atoms. The molecule has 0 saturated heterocycles. The van der Waals surface area contributed by atoms with Gasteiger partial charge in [0.05, 0.1) is 19.3 Å². The summed E-state index contributed by atoms with van der Waals surface area (Å²) in [7, 11) is 1.46. The van der Waals surface area contributed by atoms with Crippen LogP contribution >= 0.6 is 12.4 Å². The van der Waals surface area contributed by atoms with Gasteiger partial charge in [-0.25, -0.2) is 4.39 Å². The summed E-state index contributed by atoms with van der Waals surface area (Å²) in [6.07, 6.45) is 0.164. The van der Waals surface area contributed by atoms with Gasteiger partial charge in [-0.15, -0.1) is 12.4 Å². The van der Waals surface area contributed by atoms with Crippen LogP contribution < -0.4 is 10.5 Å². The number of rotatable bonds is 5. The van der Waals surface area contributed by atoms with Gasteiger partial charge in [0.15, 0.2) is 0 Å². The van der Waals surface area contributed by atoms with E-state index in [0.29, 0.717) is 11.3 Å². The van der Waals surface area contributed by atoms with Crippen molar-refractivity contribution >= 4 is 12.4 Å². The second-order valence-electron chi connectivity index (χ2n) is 4.29. The van der Waals surface area contributed by atoms with E-state index in [0.717, 1.165) is 6.42 Å². The van der Waals surface area contributed by atoms with E-state index in [1.807, 2.05) is 13.8 Å². The van der Waals surface area contributed by atoms with Gasteiger partial charge in [0.2, 0.25) is 0 Å². The molecule has 0 radical (unpaired) electrons. The molecule has 3 N–H and O–H groups in total. The second-order valence-corrected chi connectivity index (χ2v) is 4.29. The van der Waals surface area contributed by atoms with Crippen molar-refractivity contribution in [3.63, 3.8) is 0 Å². The molecule has 1 aromatic rings. The Kier molecular flexibility index (Phi) is 7.21. The molecule has 1 rings (SSSR count). The Morgan fingerprint density at radius 1 is 1.44 bits per heavy atom. The Balaban J connectivity index is 0.00000289. The minimum absolute atomic E-state index is 0. The van der Waals surface area contributed by atoms with E-state index in [-0.39, 0.29) is 24.1 Å². The van der Waals surface area contributed by atoms with E-state index in [2.05, 4.69) is 0 Å². The lowest BCUT2D eigenvalue weighted by molar-refractivity contribution is 0.0870. The maximum absolute atomic E-state index is 13.0. The Labute approximate surface area is 114 Å². The van der Waals surface area contributed by atoms with E-state index < -0.39 is 12.1 Å². The molecular formula is C13H21ClFNO2. The van der Waals surface area contributed by atoms with E-state index in [4.69, 9.17) is 10.5 Å². The highest BCUT2D eigenvalue weighted by Crippen LogP contribution is 2.29. The maximum atomic E-state index is 13.0. The van der Waals surface area contributed by atoms with Crippen LogP contribution in [-0.4, -0.2) is 18.3 Å². The summed E-state index contributed by atoms with van der Waals surface area (Å²) in [6.45, 7) is 3.92. The number of aliphatic hydroxyl groups is 1. The van der Waals surface area contributed by atoms with Crippen molar-refractivity contribution in [3.05, 3.63) is 29.6 Å². The molecule has 0 heterocycles. The van der Waals surface area contributed by atoms with Crippen LogP contribution in [0.5, 0.6) is 5.75 Å². The van der Waals surface area contributed by atoms with Crippen molar-refractivity contribution < 1.29 is 14.2 Å². The highest BCUT2D eigenvalue weighted by Gasteiger charge is 2.24. The molecule has 0 spiro atoms. The minimum Gasteiger partial charge on any atom is -0.496 e. The van der Waals surface area contributed by atoms with E-state index in [1.54, 1.807) is 6.07 Å². The van der Waals surface area contributed by atoms with Crippen LogP contribution in [0.3, 0.4) is 0 Å². The van der Waals surface area contributed by atoms with E-state index in [1.165, 1.54) is 19.2 Å². The third-order valence-corrected chi connectivity index (χ3v) is 3.15. The van der Waals surface area contributed by atoms with Gasteiger partial charge in [0.1, 0.15) is 11.6 Å². The monoisotopic (exact) mass is 277 g/mol. The van der Waals surface area contributed by atoms with Crippen molar-refractivity contribution in [3.8, 4) is 5.75 Å². The van der Waals surface area contributed by atoms with Gasteiger partial charge in [-0.3, -0.25) is 0 Å². The maximum Gasteiger partial charge on any atom is 0.126 e. The Morgan fingerprint density at radius 2 is 2.06 bits per heavy atom. The molecule has 1 unspecified atom stereocenters. The van der Waals surface area contributed by atoms with Gasteiger partial charge in [-0.1, -0.05) is 26.3 Å². The van der Waals surface area contributed by atoms with Gasteiger partial charge in [0, 0.05) is 11.6 Å². The first-order valence-electron chi connectivity index (χ1n) is 5.78. The Hall–Kier alpha value is -0.840. The minimum atomic E-state index is -0.667. The zero-order chi connectivity index (χ0) is 13.0. The average Bonchev–Trinajstić information content (AvgIpc) is 2.35. The standard InChI is InChI=1S/C13H20FNO2.ClH/c1-4-8(2)13(16)12(15)10-6-5-9(14)7-11(10)17-3;/h5-8,12-13,16H,4,15H2,1-3H3;1H/t8?,12-,13+;/m1./s1. The summed E-state index contributed by atoms with van der Waals surface area (Å²) in [5, 5.41) is 10.1. The van der Waals surface area contributed by atoms with Gasteiger partial charge in [-0.2, -0.15) is 0 Å². The lowest BCUT2D eigenvalue weighted by Gasteiger charge is -2.25. The number of methoxy groups -OCH3 is 1. The van der Waals surface area contributed by atoms with E-state index >= 15 is 0 Å². The number of benzene rings is 1. The Morgan fingerprint density at radius 3 is 2.56 bits per heavy atom. The van der Waals surface area contributed by atoms with Gasteiger partial charge < -0.3 is 15.6 Å². The normalized spacial score (nSPS) is 15.4. The molecule has 0 saturated carbocycles. The average molecular weight is 278 g/mol. The van der Waals surface area contributed by atoms with Gasteiger partial charge >= 0.3 is 0 Å². The summed E-state index contributed by atoms with van der Waals surface area (Å²) in [5.41, 5.74) is 6.62. The van der Waals surface area contributed by atoms with Crippen molar-refractivity contribution in [2.45, 2.75) is 32.4 Å². The molecule has 1 aromatic carbocycles. The number of ether oxygens (including phenoxy) is 1. The molecule has 0 amide bonds. The van der Waals surface area contributed by atoms with Crippen molar-refractivity contribution in [2.75, 3.05) is 7.11 Å². The summed E-state index contributed by atoms with van der Waals surface area (Å²) in [6, 6.07) is 3.59. The number of aliphatic hydroxyl groups excluding tert-OH is 1. The molecule has 3 nitrogen and oxygen atoms in total. The molecule has 0 aliphatic heterocycles. The van der Waals surface area contributed by atoms with Crippen LogP contribution in [0.25, 0.3) is 0 Å².